The maximum absolute atomic E-state index is 13.2. The van der Waals surface area contributed by atoms with E-state index in [1.807, 2.05) is 0 Å². The van der Waals surface area contributed by atoms with Gasteiger partial charge in [-0.05, 0) is 24.6 Å². The Morgan fingerprint density at radius 2 is 1.73 bits per heavy atom. The van der Waals surface area contributed by atoms with Gasteiger partial charge in [-0.3, -0.25) is 4.79 Å². The zero-order chi connectivity index (χ0) is 24.0. The highest BCUT2D eigenvalue weighted by molar-refractivity contribution is 6.36. The van der Waals surface area contributed by atoms with Crippen molar-refractivity contribution in [1.29, 1.82) is 0 Å². The molecule has 0 saturated carbocycles. The SMILES string of the molecule is Cc1oc2c(Cl)c(O[C@@H]3OC(CO)[C@@H](O)C(O)C3O)cc(O)c2c(=O)c1-c1ccc(O)cc1. The number of hydrogen-bond donors (Lipinski definition) is 6. The average molecular weight is 481 g/mol. The monoisotopic (exact) mass is 480 g/mol. The lowest BCUT2D eigenvalue weighted by atomic mass is 9.99. The van der Waals surface area contributed by atoms with Crippen molar-refractivity contribution in [2.75, 3.05) is 6.61 Å². The van der Waals surface area contributed by atoms with Gasteiger partial charge in [-0.15, -0.1) is 0 Å². The molecular formula is C22H21ClO10. The van der Waals surface area contributed by atoms with Crippen molar-refractivity contribution in [1.82, 2.24) is 0 Å². The van der Waals surface area contributed by atoms with E-state index in [4.69, 9.17) is 25.5 Å². The van der Waals surface area contributed by atoms with E-state index in [-0.39, 0.29) is 38.8 Å². The van der Waals surface area contributed by atoms with Gasteiger partial charge in [0.15, 0.2) is 5.58 Å². The quantitative estimate of drug-likeness (QED) is 0.316. The van der Waals surface area contributed by atoms with Gasteiger partial charge in [-0.25, -0.2) is 0 Å². The second-order valence-electron chi connectivity index (χ2n) is 7.64. The first-order chi connectivity index (χ1) is 15.6. The predicted molar refractivity (Wildman–Crippen MR) is 115 cm³/mol. The van der Waals surface area contributed by atoms with Gasteiger partial charge in [-0.2, -0.15) is 0 Å². The first kappa shape index (κ1) is 23.3. The molecule has 3 unspecified atom stereocenters. The molecule has 0 radical (unpaired) electrons. The molecule has 1 aromatic heterocycles. The van der Waals surface area contributed by atoms with Gasteiger partial charge in [0, 0.05) is 6.07 Å². The number of phenols is 2. The third-order valence-electron chi connectivity index (χ3n) is 5.48. The van der Waals surface area contributed by atoms with Crippen LogP contribution in [0.2, 0.25) is 5.02 Å². The Labute approximate surface area is 191 Å². The molecule has 1 saturated heterocycles. The first-order valence-electron chi connectivity index (χ1n) is 9.89. The number of aliphatic hydroxyl groups excluding tert-OH is 4. The maximum atomic E-state index is 13.2. The summed E-state index contributed by atoms with van der Waals surface area (Å²) in [6, 6.07) is 6.88. The fourth-order valence-corrected chi connectivity index (χ4v) is 3.97. The van der Waals surface area contributed by atoms with Crippen molar-refractivity contribution in [2.24, 2.45) is 0 Å². The van der Waals surface area contributed by atoms with Crippen LogP contribution in [-0.2, 0) is 4.74 Å². The van der Waals surface area contributed by atoms with Crippen LogP contribution in [-0.4, -0.2) is 68.0 Å². The Kier molecular flexibility index (Phi) is 6.23. The molecule has 2 aromatic carbocycles. The molecule has 1 fully saturated rings. The molecule has 5 atom stereocenters. The lowest BCUT2D eigenvalue weighted by molar-refractivity contribution is -0.277. The molecular weight excluding hydrogens is 460 g/mol. The summed E-state index contributed by atoms with van der Waals surface area (Å²) in [5.74, 6) is -0.555. The van der Waals surface area contributed by atoms with Gasteiger partial charge in [0.05, 0.1) is 12.2 Å². The number of aliphatic hydroxyl groups is 4. The Balaban J connectivity index is 1.78. The molecule has 1 aliphatic heterocycles. The zero-order valence-electron chi connectivity index (χ0n) is 17.2. The van der Waals surface area contributed by atoms with Gasteiger partial charge in [0.1, 0.15) is 57.8 Å². The largest absolute Gasteiger partial charge is 0.508 e. The number of halogens is 1. The summed E-state index contributed by atoms with van der Waals surface area (Å²) in [6.07, 6.45) is -7.73. The smallest absolute Gasteiger partial charge is 0.229 e. The van der Waals surface area contributed by atoms with Gasteiger partial charge in [0.2, 0.25) is 11.7 Å². The van der Waals surface area contributed by atoms with E-state index in [2.05, 4.69) is 0 Å². The van der Waals surface area contributed by atoms with Gasteiger partial charge in [-0.1, -0.05) is 23.7 Å². The second-order valence-corrected chi connectivity index (χ2v) is 8.01. The number of fused-ring (bicyclic) bond motifs is 1. The third kappa shape index (κ3) is 4.01. The normalized spacial score (nSPS) is 25.3. The molecule has 11 heteroatoms. The van der Waals surface area contributed by atoms with Gasteiger partial charge in [0.25, 0.3) is 0 Å². The maximum Gasteiger partial charge on any atom is 0.229 e. The Bertz CT molecular complexity index is 1240. The van der Waals surface area contributed by atoms with E-state index >= 15 is 0 Å². The van der Waals surface area contributed by atoms with Crippen LogP contribution < -0.4 is 10.2 Å². The minimum absolute atomic E-state index is 0.0162. The van der Waals surface area contributed by atoms with E-state index in [1.54, 1.807) is 0 Å². The lowest BCUT2D eigenvalue weighted by Gasteiger charge is -2.39. The molecule has 6 N–H and O–H groups in total. The molecule has 10 nitrogen and oxygen atoms in total. The molecule has 0 bridgehead atoms. The van der Waals surface area contributed by atoms with E-state index in [1.165, 1.54) is 31.2 Å². The minimum Gasteiger partial charge on any atom is -0.508 e. The molecule has 176 valence electrons. The number of ether oxygens (including phenoxy) is 2. The minimum atomic E-state index is -1.71. The van der Waals surface area contributed by atoms with Crippen molar-refractivity contribution < 1.29 is 44.5 Å². The molecule has 0 spiro atoms. The van der Waals surface area contributed by atoms with E-state index in [0.717, 1.165) is 6.07 Å². The van der Waals surface area contributed by atoms with Crippen LogP contribution in [0, 0.1) is 6.92 Å². The highest BCUT2D eigenvalue weighted by Gasteiger charge is 2.45. The average Bonchev–Trinajstić information content (AvgIpc) is 2.78. The highest BCUT2D eigenvalue weighted by atomic mass is 35.5. The van der Waals surface area contributed by atoms with E-state index < -0.39 is 48.5 Å². The fraction of sp³-hybridized carbons (Fsp3) is 0.318. The number of aromatic hydroxyl groups is 2. The predicted octanol–water partition coefficient (Wildman–Crippen LogP) is 1.01. The fourth-order valence-electron chi connectivity index (χ4n) is 3.74. The van der Waals surface area contributed by atoms with Crippen LogP contribution >= 0.6 is 11.6 Å². The summed E-state index contributed by atoms with van der Waals surface area (Å²) >= 11 is 6.38. The standard InChI is InChI=1S/C22H21ClO10/c1-8-14(9-2-4-10(25)5-3-9)18(28)15-11(26)6-12(16(23)21(15)31-8)32-22-20(30)19(29)17(27)13(7-24)33-22/h2-6,13,17,19-20,22,24-27,29-30H,7H2,1H3/t13?,17-,19?,20?,22-/m1/s1. The van der Waals surface area contributed by atoms with Gasteiger partial charge < -0.3 is 44.5 Å². The van der Waals surface area contributed by atoms with Crippen LogP contribution in [0.3, 0.4) is 0 Å². The number of hydrogen-bond acceptors (Lipinski definition) is 10. The number of phenolic OH excluding ortho intramolecular Hbond substituents is 2. The Morgan fingerprint density at radius 1 is 1.06 bits per heavy atom. The van der Waals surface area contributed by atoms with E-state index in [9.17, 15) is 35.4 Å². The number of rotatable bonds is 4. The summed E-state index contributed by atoms with van der Waals surface area (Å²) in [4.78, 5) is 13.2. The number of aryl methyl sites for hydroxylation is 1. The third-order valence-corrected chi connectivity index (χ3v) is 5.83. The summed E-state index contributed by atoms with van der Waals surface area (Å²) in [6.45, 7) is 0.872. The van der Waals surface area contributed by atoms with Crippen molar-refractivity contribution in [3.8, 4) is 28.4 Å². The topological polar surface area (TPSA) is 170 Å². The highest BCUT2D eigenvalue weighted by Crippen LogP contribution is 2.40. The van der Waals surface area contributed by atoms with Crippen molar-refractivity contribution in [2.45, 2.75) is 37.6 Å². The van der Waals surface area contributed by atoms with Crippen molar-refractivity contribution in [3.05, 3.63) is 51.3 Å². The first-order valence-corrected chi connectivity index (χ1v) is 10.3. The second kappa shape index (κ2) is 8.82. The molecule has 0 amide bonds. The zero-order valence-corrected chi connectivity index (χ0v) is 17.9. The summed E-state index contributed by atoms with van der Waals surface area (Å²) in [5.41, 5.74) is -0.130. The lowest BCUT2D eigenvalue weighted by Crippen LogP contribution is -2.60. The Hall–Kier alpha value is -2.86. The molecule has 1 aliphatic rings. The molecule has 2 heterocycles. The summed E-state index contributed by atoms with van der Waals surface area (Å²) in [7, 11) is 0. The van der Waals surface area contributed by atoms with Crippen LogP contribution in [0.4, 0.5) is 0 Å². The van der Waals surface area contributed by atoms with Crippen LogP contribution in [0.1, 0.15) is 5.76 Å². The van der Waals surface area contributed by atoms with Crippen LogP contribution in [0.15, 0.2) is 39.5 Å². The summed E-state index contributed by atoms with van der Waals surface area (Å²) < 4.78 is 16.5. The summed E-state index contributed by atoms with van der Waals surface area (Å²) in [5, 5.41) is 59.0. The molecule has 3 aromatic rings. The molecule has 33 heavy (non-hydrogen) atoms. The van der Waals surface area contributed by atoms with Crippen LogP contribution in [0.5, 0.6) is 17.2 Å². The van der Waals surface area contributed by atoms with Crippen LogP contribution in [0.25, 0.3) is 22.1 Å². The number of benzene rings is 2. The Morgan fingerprint density at radius 3 is 2.36 bits per heavy atom. The van der Waals surface area contributed by atoms with Crippen molar-refractivity contribution in [3.63, 3.8) is 0 Å². The molecule has 0 aliphatic carbocycles. The molecule has 4 rings (SSSR count). The van der Waals surface area contributed by atoms with Gasteiger partial charge >= 0.3 is 0 Å². The van der Waals surface area contributed by atoms with E-state index in [0.29, 0.717) is 5.56 Å². The van der Waals surface area contributed by atoms with Crippen molar-refractivity contribution >= 4 is 22.6 Å².